The maximum Gasteiger partial charge on any atom is 0.145 e. The lowest BCUT2D eigenvalue weighted by Crippen LogP contribution is -2.24. The van der Waals surface area contributed by atoms with Crippen molar-refractivity contribution in [2.75, 3.05) is 0 Å². The fourth-order valence-electron chi connectivity index (χ4n) is 9.27. The Hall–Kier alpha value is -8.41. The molecule has 0 saturated heterocycles. The molecule has 1 atom stereocenters. The van der Waals surface area contributed by atoms with Gasteiger partial charge in [-0.25, -0.2) is 0 Å². The summed E-state index contributed by atoms with van der Waals surface area (Å²) in [7, 11) is 0. The molecule has 1 aliphatic heterocycles. The number of rotatable bonds is 6. The van der Waals surface area contributed by atoms with Gasteiger partial charge in [-0.3, -0.25) is 4.99 Å². The molecular formula is C58H36N2O3. The lowest BCUT2D eigenvalue weighted by atomic mass is 9.97. The van der Waals surface area contributed by atoms with E-state index in [0.717, 1.165) is 127 Å². The Bertz CT molecular complexity index is 3810. The summed E-state index contributed by atoms with van der Waals surface area (Å²) in [6, 6.07) is 70.2. The van der Waals surface area contributed by atoms with Crippen LogP contribution in [0, 0.1) is 0 Å². The Labute approximate surface area is 361 Å². The summed E-state index contributed by atoms with van der Waals surface area (Å²) >= 11 is 0. The molecule has 0 bridgehead atoms. The van der Waals surface area contributed by atoms with Gasteiger partial charge in [-0.15, -0.1) is 0 Å². The minimum absolute atomic E-state index is 0.303. The zero-order valence-corrected chi connectivity index (χ0v) is 33.9. The van der Waals surface area contributed by atoms with E-state index in [0.29, 0.717) is 0 Å². The monoisotopic (exact) mass is 808 g/mol. The highest BCUT2D eigenvalue weighted by molar-refractivity contribution is 6.13. The SMILES string of the molecule is C1=C(c2ccc(-c3ccc4oc5ccccc5c4c3)cc2)NC(c2ccc(-c3ccc4oc5ccccc5c4c3)cc2)N=C1c1ccc(-c2ccc3oc4ccccc4c3c2)cc1. The zero-order chi connectivity index (χ0) is 41.4. The third-order valence-electron chi connectivity index (χ3n) is 12.6. The molecule has 4 heterocycles. The number of aliphatic imine (C=N–C) groups is 1. The van der Waals surface area contributed by atoms with Crippen molar-refractivity contribution in [1.82, 2.24) is 5.32 Å². The number of fused-ring (bicyclic) bond motifs is 9. The number of hydrogen-bond acceptors (Lipinski definition) is 5. The van der Waals surface area contributed by atoms with E-state index in [1.807, 2.05) is 36.4 Å². The van der Waals surface area contributed by atoms with Crippen LogP contribution in [0.15, 0.2) is 225 Å². The van der Waals surface area contributed by atoms with Crippen molar-refractivity contribution in [3.63, 3.8) is 0 Å². The third kappa shape index (κ3) is 6.05. The van der Waals surface area contributed by atoms with E-state index >= 15 is 0 Å². The van der Waals surface area contributed by atoms with Crippen molar-refractivity contribution < 1.29 is 13.3 Å². The topological polar surface area (TPSA) is 63.8 Å². The standard InChI is InChI=1S/C58H36N2O3/c1-4-10-52-44(7-1)47-31-41(25-28-55(47)61-52)35-13-19-38(20-14-35)50-34-51(39-21-15-36(16-22-39)42-26-29-56-48(32-42)45-8-2-5-11-53(45)62-56)60-58(59-50)40-23-17-37(18-24-40)43-27-30-57-49(33-43)46-9-3-6-12-54(46)63-57/h1-34,58-59H. The molecule has 13 rings (SSSR count). The van der Waals surface area contributed by atoms with Crippen molar-refractivity contribution in [3.8, 4) is 33.4 Å². The van der Waals surface area contributed by atoms with Crippen LogP contribution in [0.2, 0.25) is 0 Å². The van der Waals surface area contributed by atoms with Crippen molar-refractivity contribution >= 4 is 77.2 Å². The molecule has 296 valence electrons. The van der Waals surface area contributed by atoms with Gasteiger partial charge >= 0.3 is 0 Å². The predicted molar refractivity (Wildman–Crippen MR) is 258 cm³/mol. The molecule has 63 heavy (non-hydrogen) atoms. The van der Waals surface area contributed by atoms with Gasteiger partial charge in [0.05, 0.1) is 5.71 Å². The fourth-order valence-corrected chi connectivity index (χ4v) is 9.27. The van der Waals surface area contributed by atoms with Crippen LogP contribution >= 0.6 is 0 Å². The summed E-state index contributed by atoms with van der Waals surface area (Å²) in [5, 5.41) is 10.5. The minimum atomic E-state index is -0.303. The number of nitrogens with zero attached hydrogens (tertiary/aromatic N) is 1. The lowest BCUT2D eigenvalue weighted by molar-refractivity contribution is 0.664. The van der Waals surface area contributed by atoms with Crippen molar-refractivity contribution in [3.05, 3.63) is 223 Å². The molecule has 1 N–H and O–H groups in total. The highest BCUT2D eigenvalue weighted by Crippen LogP contribution is 2.37. The first-order valence-corrected chi connectivity index (χ1v) is 21.3. The van der Waals surface area contributed by atoms with Gasteiger partial charge in [-0.05, 0) is 111 Å². The molecule has 0 fully saturated rings. The molecule has 0 spiro atoms. The van der Waals surface area contributed by atoms with Crippen molar-refractivity contribution in [2.45, 2.75) is 6.17 Å². The van der Waals surface area contributed by atoms with E-state index in [-0.39, 0.29) is 6.17 Å². The second kappa shape index (κ2) is 14.1. The van der Waals surface area contributed by atoms with Crippen LogP contribution in [0.3, 0.4) is 0 Å². The molecule has 9 aromatic carbocycles. The molecule has 0 radical (unpaired) electrons. The Morgan fingerprint density at radius 3 is 1.11 bits per heavy atom. The van der Waals surface area contributed by atoms with Crippen LogP contribution in [0.5, 0.6) is 0 Å². The van der Waals surface area contributed by atoms with E-state index in [1.54, 1.807) is 0 Å². The number of benzene rings is 9. The molecule has 1 unspecified atom stereocenters. The average molecular weight is 809 g/mol. The second-order valence-electron chi connectivity index (χ2n) is 16.3. The van der Waals surface area contributed by atoms with Crippen LogP contribution in [-0.2, 0) is 0 Å². The fraction of sp³-hybridized carbons (Fsp3) is 0.0172. The first-order chi connectivity index (χ1) is 31.1. The molecule has 1 aliphatic rings. The number of hydrogen-bond donors (Lipinski definition) is 1. The van der Waals surface area contributed by atoms with E-state index in [4.69, 9.17) is 18.2 Å². The molecule has 0 amide bonds. The van der Waals surface area contributed by atoms with Gasteiger partial charge < -0.3 is 18.6 Å². The molecule has 5 nitrogen and oxygen atoms in total. The Kier molecular flexibility index (Phi) is 7.90. The van der Waals surface area contributed by atoms with Crippen LogP contribution in [0.1, 0.15) is 22.9 Å². The van der Waals surface area contributed by atoms with E-state index in [2.05, 4.69) is 175 Å². The number of furan rings is 3. The summed E-state index contributed by atoms with van der Waals surface area (Å²) in [5.74, 6) is 0. The second-order valence-corrected chi connectivity index (χ2v) is 16.3. The smallest absolute Gasteiger partial charge is 0.145 e. The molecule has 0 aliphatic carbocycles. The largest absolute Gasteiger partial charge is 0.456 e. The normalized spacial score (nSPS) is 14.2. The van der Waals surface area contributed by atoms with Gasteiger partial charge in [0.15, 0.2) is 0 Å². The highest BCUT2D eigenvalue weighted by Gasteiger charge is 2.21. The van der Waals surface area contributed by atoms with Gasteiger partial charge in [-0.1, -0.05) is 146 Å². The molecule has 12 aromatic rings. The van der Waals surface area contributed by atoms with Gasteiger partial charge in [0.2, 0.25) is 0 Å². The van der Waals surface area contributed by atoms with Crippen LogP contribution in [0.25, 0.3) is 105 Å². The van der Waals surface area contributed by atoms with E-state index < -0.39 is 0 Å². The summed E-state index contributed by atoms with van der Waals surface area (Å²) in [6.45, 7) is 0. The number of nitrogens with one attached hydrogen (secondary N) is 1. The Morgan fingerprint density at radius 2 is 0.667 bits per heavy atom. The van der Waals surface area contributed by atoms with Gasteiger partial charge in [0.1, 0.15) is 39.7 Å². The third-order valence-corrected chi connectivity index (χ3v) is 12.6. The summed E-state index contributed by atoms with van der Waals surface area (Å²) in [6.07, 6.45) is 1.87. The Morgan fingerprint density at radius 1 is 0.317 bits per heavy atom. The van der Waals surface area contributed by atoms with Gasteiger partial charge in [-0.2, -0.15) is 0 Å². The molecule has 3 aromatic heterocycles. The van der Waals surface area contributed by atoms with Crippen LogP contribution in [-0.4, -0.2) is 5.71 Å². The minimum Gasteiger partial charge on any atom is -0.456 e. The molecular weight excluding hydrogens is 773 g/mol. The Balaban J connectivity index is 0.847. The van der Waals surface area contributed by atoms with Gasteiger partial charge in [0, 0.05) is 38.0 Å². The van der Waals surface area contributed by atoms with Crippen LogP contribution < -0.4 is 5.32 Å². The van der Waals surface area contributed by atoms with E-state index in [9.17, 15) is 0 Å². The molecule has 0 saturated carbocycles. The van der Waals surface area contributed by atoms with Gasteiger partial charge in [0.25, 0.3) is 0 Å². The summed E-state index contributed by atoms with van der Waals surface area (Å²) < 4.78 is 18.3. The average Bonchev–Trinajstić information content (AvgIpc) is 4.04. The molecule has 5 heteroatoms. The first kappa shape index (κ1) is 35.4. The number of para-hydroxylation sites is 3. The predicted octanol–water partition coefficient (Wildman–Crippen LogP) is 15.5. The summed E-state index contributed by atoms with van der Waals surface area (Å²) in [5.41, 5.74) is 17.4. The highest BCUT2D eigenvalue weighted by atomic mass is 16.3. The van der Waals surface area contributed by atoms with Crippen molar-refractivity contribution in [2.24, 2.45) is 4.99 Å². The first-order valence-electron chi connectivity index (χ1n) is 21.3. The lowest BCUT2D eigenvalue weighted by Gasteiger charge is -2.25. The van der Waals surface area contributed by atoms with Crippen molar-refractivity contribution in [1.29, 1.82) is 0 Å². The number of allylic oxidation sites excluding steroid dienone is 1. The van der Waals surface area contributed by atoms with Crippen LogP contribution in [0.4, 0.5) is 0 Å². The maximum absolute atomic E-state index is 6.11. The maximum atomic E-state index is 6.11. The summed E-state index contributed by atoms with van der Waals surface area (Å²) in [4.78, 5) is 5.35. The zero-order valence-electron chi connectivity index (χ0n) is 33.9. The van der Waals surface area contributed by atoms with E-state index in [1.165, 1.54) is 0 Å². The quantitative estimate of drug-likeness (QED) is 0.182.